The molecule has 44 heavy (non-hydrogen) atoms. The van der Waals surface area contributed by atoms with Gasteiger partial charge in [0, 0.05) is 53.8 Å². The minimum Gasteiger partial charge on any atom is -0.455 e. The third kappa shape index (κ3) is 4.03. The summed E-state index contributed by atoms with van der Waals surface area (Å²) in [4.78, 5) is 9.73. The number of thiophene rings is 1. The van der Waals surface area contributed by atoms with Gasteiger partial charge in [0.15, 0.2) is 5.82 Å². The number of furan rings is 1. The van der Waals surface area contributed by atoms with Crippen molar-refractivity contribution in [2.45, 2.75) is 0 Å². The Morgan fingerprint density at radius 3 is 2.07 bits per heavy atom. The summed E-state index contributed by atoms with van der Waals surface area (Å²) in [5, 5.41) is 4.86. The third-order valence-electron chi connectivity index (χ3n) is 8.37. The molecule has 0 aliphatic carbocycles. The van der Waals surface area contributed by atoms with Crippen molar-refractivity contribution in [3.8, 4) is 44.9 Å². The zero-order valence-corrected chi connectivity index (χ0v) is 24.4. The molecule has 0 aliphatic heterocycles. The predicted molar refractivity (Wildman–Crippen MR) is 184 cm³/mol. The molecule has 206 valence electrons. The van der Waals surface area contributed by atoms with E-state index >= 15 is 0 Å². The topological polar surface area (TPSA) is 38.9 Å². The second-order valence-electron chi connectivity index (χ2n) is 11.0. The third-order valence-corrected chi connectivity index (χ3v) is 9.59. The van der Waals surface area contributed by atoms with Crippen molar-refractivity contribution in [2.75, 3.05) is 0 Å². The smallest absolute Gasteiger partial charge is 0.159 e. The van der Waals surface area contributed by atoms with E-state index < -0.39 is 0 Å². The van der Waals surface area contributed by atoms with E-state index in [1.54, 1.807) is 0 Å². The summed E-state index contributed by atoms with van der Waals surface area (Å²) in [5.41, 5.74) is 9.26. The van der Waals surface area contributed by atoms with Crippen LogP contribution in [0.1, 0.15) is 0 Å². The quantitative estimate of drug-likeness (QED) is 0.208. The van der Waals surface area contributed by atoms with Crippen LogP contribution >= 0.6 is 11.3 Å². The van der Waals surface area contributed by atoms with E-state index in [0.717, 1.165) is 55.4 Å². The molecule has 3 aromatic heterocycles. The molecule has 4 heteroatoms. The first-order valence-corrected chi connectivity index (χ1v) is 15.5. The second-order valence-corrected chi connectivity index (χ2v) is 12.0. The largest absolute Gasteiger partial charge is 0.455 e. The first-order chi connectivity index (χ1) is 21.8. The summed E-state index contributed by atoms with van der Waals surface area (Å²) in [6, 6.07) is 48.8. The van der Waals surface area contributed by atoms with Crippen molar-refractivity contribution in [2.24, 2.45) is 0 Å². The number of nitrogens with zero attached hydrogens (tertiary/aromatic N) is 2. The van der Waals surface area contributed by atoms with Crippen LogP contribution in [0.15, 0.2) is 150 Å². The van der Waals surface area contributed by atoms with Crippen LogP contribution in [0.2, 0.25) is 0 Å². The van der Waals surface area contributed by atoms with E-state index in [4.69, 9.17) is 9.40 Å². The number of para-hydroxylation sites is 2. The Morgan fingerprint density at radius 2 is 1.16 bits per heavy atom. The Hall–Kier alpha value is -5.58. The van der Waals surface area contributed by atoms with Crippen LogP contribution in [0.3, 0.4) is 0 Å². The first-order valence-electron chi connectivity index (χ1n) is 14.7. The van der Waals surface area contributed by atoms with Gasteiger partial charge < -0.3 is 4.42 Å². The molecule has 0 bridgehead atoms. The Balaban J connectivity index is 1.11. The van der Waals surface area contributed by atoms with Gasteiger partial charge in [-0.3, -0.25) is 0 Å². The van der Waals surface area contributed by atoms with Gasteiger partial charge in [-0.05, 0) is 47.0 Å². The van der Waals surface area contributed by atoms with Gasteiger partial charge in [0.25, 0.3) is 0 Å². The van der Waals surface area contributed by atoms with Gasteiger partial charge in [-0.25, -0.2) is 9.97 Å². The molecule has 3 heterocycles. The molecule has 0 unspecified atom stereocenters. The molecule has 0 fully saturated rings. The summed E-state index contributed by atoms with van der Waals surface area (Å²) in [6.45, 7) is 0. The predicted octanol–water partition coefficient (Wildman–Crippen LogP) is 11.4. The minimum atomic E-state index is 0.706. The highest BCUT2D eigenvalue weighted by molar-refractivity contribution is 7.26. The molecule has 0 saturated carbocycles. The molecule has 0 N–H and O–H groups in total. The van der Waals surface area contributed by atoms with Gasteiger partial charge in [-0.1, -0.05) is 109 Å². The molecule has 9 aromatic rings. The SMILES string of the molecule is c1cc(-c2ccnc(-c3cccc(-c4cccc5c4sc4ccccc45)c3)n2)cc(-c2cccc3c2oc2ccccc23)c1. The molecule has 3 nitrogen and oxygen atoms in total. The Morgan fingerprint density at radius 1 is 0.500 bits per heavy atom. The van der Waals surface area contributed by atoms with Crippen LogP contribution in [-0.4, -0.2) is 9.97 Å². The minimum absolute atomic E-state index is 0.706. The molecule has 0 amide bonds. The maximum absolute atomic E-state index is 6.33. The number of hydrogen-bond acceptors (Lipinski definition) is 4. The lowest BCUT2D eigenvalue weighted by Gasteiger charge is -2.09. The van der Waals surface area contributed by atoms with Crippen molar-refractivity contribution in [1.29, 1.82) is 0 Å². The van der Waals surface area contributed by atoms with Crippen LogP contribution in [0.25, 0.3) is 87.0 Å². The van der Waals surface area contributed by atoms with Crippen LogP contribution in [0.5, 0.6) is 0 Å². The zero-order valence-electron chi connectivity index (χ0n) is 23.6. The van der Waals surface area contributed by atoms with E-state index in [1.165, 1.54) is 25.7 Å². The summed E-state index contributed by atoms with van der Waals surface area (Å²) in [5.74, 6) is 0.706. The van der Waals surface area contributed by atoms with Crippen molar-refractivity contribution in [1.82, 2.24) is 9.97 Å². The van der Waals surface area contributed by atoms with Gasteiger partial charge in [0.05, 0.1) is 5.69 Å². The van der Waals surface area contributed by atoms with Crippen molar-refractivity contribution in [3.63, 3.8) is 0 Å². The molecule has 0 saturated heterocycles. The highest BCUT2D eigenvalue weighted by Gasteiger charge is 2.14. The first kappa shape index (κ1) is 25.0. The summed E-state index contributed by atoms with van der Waals surface area (Å²) < 4.78 is 8.94. The van der Waals surface area contributed by atoms with Gasteiger partial charge in [0.1, 0.15) is 11.2 Å². The average molecular weight is 581 g/mol. The number of rotatable bonds is 4. The normalized spacial score (nSPS) is 11.6. The van der Waals surface area contributed by atoms with E-state index in [-0.39, 0.29) is 0 Å². The fraction of sp³-hybridized carbons (Fsp3) is 0. The molecular weight excluding hydrogens is 557 g/mol. The van der Waals surface area contributed by atoms with Crippen molar-refractivity contribution < 1.29 is 4.42 Å². The summed E-state index contributed by atoms with van der Waals surface area (Å²) in [6.07, 6.45) is 1.85. The molecule has 0 spiro atoms. The van der Waals surface area contributed by atoms with E-state index in [1.807, 2.05) is 35.7 Å². The van der Waals surface area contributed by atoms with Crippen LogP contribution in [0.4, 0.5) is 0 Å². The number of fused-ring (bicyclic) bond motifs is 6. The summed E-state index contributed by atoms with van der Waals surface area (Å²) >= 11 is 1.85. The van der Waals surface area contributed by atoms with E-state index in [2.05, 4.69) is 126 Å². The van der Waals surface area contributed by atoms with E-state index in [0.29, 0.717) is 5.82 Å². The molecule has 6 aromatic carbocycles. The maximum atomic E-state index is 6.33. The lowest BCUT2D eigenvalue weighted by atomic mass is 9.99. The number of benzene rings is 6. The van der Waals surface area contributed by atoms with Crippen LogP contribution < -0.4 is 0 Å². The van der Waals surface area contributed by atoms with Gasteiger partial charge in [-0.2, -0.15) is 0 Å². The molecule has 9 rings (SSSR count). The maximum Gasteiger partial charge on any atom is 0.159 e. The number of hydrogen-bond donors (Lipinski definition) is 0. The van der Waals surface area contributed by atoms with E-state index in [9.17, 15) is 0 Å². The Labute approximate surface area is 257 Å². The fourth-order valence-corrected chi connectivity index (χ4v) is 7.52. The Kier molecular flexibility index (Phi) is 5.68. The standard InChI is InChI=1S/C40H24N2OS/c1-3-19-36-31(13-1)33-17-7-15-29(38(33)43-36)25-9-5-11-27(23-25)35-21-22-41-40(42-35)28-12-6-10-26(24-28)30-16-8-18-34-32-14-2-4-20-37(32)44-39(30)34/h1-24H. The fourth-order valence-electron chi connectivity index (χ4n) is 6.28. The molecule has 0 radical (unpaired) electrons. The lowest BCUT2D eigenvalue weighted by molar-refractivity contribution is 0.670. The average Bonchev–Trinajstić information content (AvgIpc) is 3.67. The Bertz CT molecular complexity index is 2350. The second kappa shape index (κ2) is 10.0. The lowest BCUT2D eigenvalue weighted by Crippen LogP contribution is -1.92. The molecule has 0 atom stereocenters. The van der Waals surface area contributed by atoms with Crippen molar-refractivity contribution >= 4 is 53.4 Å². The summed E-state index contributed by atoms with van der Waals surface area (Å²) in [7, 11) is 0. The van der Waals surface area contributed by atoms with Crippen molar-refractivity contribution in [3.05, 3.63) is 146 Å². The van der Waals surface area contributed by atoms with Gasteiger partial charge >= 0.3 is 0 Å². The zero-order chi connectivity index (χ0) is 29.0. The van der Waals surface area contributed by atoms with Crippen LogP contribution in [-0.2, 0) is 0 Å². The highest BCUT2D eigenvalue weighted by atomic mass is 32.1. The monoisotopic (exact) mass is 580 g/mol. The van der Waals surface area contributed by atoms with Gasteiger partial charge in [0.2, 0.25) is 0 Å². The highest BCUT2D eigenvalue weighted by Crippen LogP contribution is 2.41. The molecule has 0 aliphatic rings. The van der Waals surface area contributed by atoms with Gasteiger partial charge in [-0.15, -0.1) is 11.3 Å². The number of aromatic nitrogens is 2. The van der Waals surface area contributed by atoms with Crippen LogP contribution in [0, 0.1) is 0 Å². The molecular formula is C40H24N2OS.